The SMILES string of the molecule is CS(=O)(=O)CCNC(=O)C=Cc1cccc(OC2CCCC2)c1. The van der Waals surface area contributed by atoms with Crippen molar-refractivity contribution in [3.05, 3.63) is 35.9 Å². The minimum absolute atomic E-state index is 0.0582. The predicted octanol–water partition coefficient (Wildman–Crippen LogP) is 2.18. The first-order valence-corrected chi connectivity index (χ1v) is 9.89. The van der Waals surface area contributed by atoms with E-state index in [0.717, 1.165) is 30.4 Å². The summed E-state index contributed by atoms with van der Waals surface area (Å²) < 4.78 is 27.9. The average molecular weight is 337 g/mol. The lowest BCUT2D eigenvalue weighted by molar-refractivity contribution is -0.116. The van der Waals surface area contributed by atoms with Gasteiger partial charge in [-0.25, -0.2) is 8.42 Å². The van der Waals surface area contributed by atoms with Crippen LogP contribution in [0.1, 0.15) is 31.2 Å². The molecule has 0 heterocycles. The molecule has 0 atom stereocenters. The van der Waals surface area contributed by atoms with E-state index in [1.54, 1.807) is 6.08 Å². The Kier molecular flexibility index (Phi) is 6.21. The summed E-state index contributed by atoms with van der Waals surface area (Å²) in [6.45, 7) is 0.118. The van der Waals surface area contributed by atoms with Gasteiger partial charge in [-0.3, -0.25) is 4.79 Å². The maximum absolute atomic E-state index is 11.6. The molecule has 0 aromatic heterocycles. The van der Waals surface area contributed by atoms with Gasteiger partial charge in [0.1, 0.15) is 15.6 Å². The van der Waals surface area contributed by atoms with E-state index >= 15 is 0 Å². The van der Waals surface area contributed by atoms with E-state index < -0.39 is 9.84 Å². The maximum atomic E-state index is 11.6. The number of benzene rings is 1. The van der Waals surface area contributed by atoms with Crippen LogP contribution in [-0.4, -0.2) is 39.0 Å². The zero-order chi connectivity index (χ0) is 16.7. The molecule has 0 radical (unpaired) electrons. The van der Waals surface area contributed by atoms with Crippen LogP contribution in [0.15, 0.2) is 30.3 Å². The summed E-state index contributed by atoms with van der Waals surface area (Å²) in [5, 5.41) is 2.55. The van der Waals surface area contributed by atoms with Crippen molar-refractivity contribution in [2.24, 2.45) is 0 Å². The molecule has 1 fully saturated rings. The van der Waals surface area contributed by atoms with Gasteiger partial charge in [0.25, 0.3) is 0 Å². The van der Waals surface area contributed by atoms with E-state index in [1.165, 1.54) is 18.9 Å². The number of nitrogens with one attached hydrogen (secondary N) is 1. The third kappa shape index (κ3) is 6.86. The van der Waals surface area contributed by atoms with E-state index in [4.69, 9.17) is 4.74 Å². The van der Waals surface area contributed by atoms with E-state index in [1.807, 2.05) is 24.3 Å². The second-order valence-corrected chi connectivity index (χ2v) is 8.11. The first-order chi connectivity index (χ1) is 10.9. The molecule has 1 aliphatic rings. The fourth-order valence-electron chi connectivity index (χ4n) is 2.48. The van der Waals surface area contributed by atoms with Gasteiger partial charge in [-0.05, 0) is 49.5 Å². The van der Waals surface area contributed by atoms with Crippen LogP contribution in [0.25, 0.3) is 6.08 Å². The molecule has 5 nitrogen and oxygen atoms in total. The number of carbonyl (C=O) groups is 1. The van der Waals surface area contributed by atoms with Gasteiger partial charge in [-0.1, -0.05) is 12.1 Å². The molecule has 1 saturated carbocycles. The molecule has 0 saturated heterocycles. The summed E-state index contributed by atoms with van der Waals surface area (Å²) in [6.07, 6.45) is 9.18. The molecule has 6 heteroatoms. The standard InChI is InChI=1S/C17H23NO4S/c1-23(20,21)12-11-18-17(19)10-9-14-5-4-8-16(13-14)22-15-6-2-3-7-15/h4-5,8-10,13,15H,2-3,6-7,11-12H2,1H3,(H,18,19). The van der Waals surface area contributed by atoms with Crippen LogP contribution in [0, 0.1) is 0 Å². The minimum atomic E-state index is -3.06. The number of ether oxygens (including phenoxy) is 1. The van der Waals surface area contributed by atoms with Crippen molar-refractivity contribution in [1.82, 2.24) is 5.32 Å². The van der Waals surface area contributed by atoms with Gasteiger partial charge in [0.2, 0.25) is 5.91 Å². The van der Waals surface area contributed by atoms with Gasteiger partial charge < -0.3 is 10.1 Å². The largest absolute Gasteiger partial charge is 0.490 e. The van der Waals surface area contributed by atoms with Crippen LogP contribution in [0.5, 0.6) is 5.75 Å². The fraction of sp³-hybridized carbons (Fsp3) is 0.471. The Morgan fingerprint density at radius 1 is 1.35 bits per heavy atom. The zero-order valence-electron chi connectivity index (χ0n) is 13.3. The highest BCUT2D eigenvalue weighted by Gasteiger charge is 2.16. The summed E-state index contributed by atoms with van der Waals surface area (Å²) in [4.78, 5) is 11.6. The van der Waals surface area contributed by atoms with E-state index in [0.29, 0.717) is 6.10 Å². The van der Waals surface area contributed by atoms with Crippen molar-refractivity contribution in [2.45, 2.75) is 31.8 Å². The number of sulfone groups is 1. The zero-order valence-corrected chi connectivity index (χ0v) is 14.1. The highest BCUT2D eigenvalue weighted by atomic mass is 32.2. The lowest BCUT2D eigenvalue weighted by Crippen LogP contribution is -2.27. The van der Waals surface area contributed by atoms with Crippen molar-refractivity contribution in [1.29, 1.82) is 0 Å². The summed E-state index contributed by atoms with van der Waals surface area (Å²) in [6, 6.07) is 7.60. The van der Waals surface area contributed by atoms with E-state index in [-0.39, 0.29) is 18.2 Å². The van der Waals surface area contributed by atoms with Crippen molar-refractivity contribution < 1.29 is 17.9 Å². The lowest BCUT2D eigenvalue weighted by atomic mass is 10.2. The van der Waals surface area contributed by atoms with Crippen LogP contribution >= 0.6 is 0 Å². The Bertz CT molecular complexity index is 661. The van der Waals surface area contributed by atoms with Crippen LogP contribution in [0.4, 0.5) is 0 Å². The van der Waals surface area contributed by atoms with Gasteiger partial charge in [0, 0.05) is 18.9 Å². The van der Waals surface area contributed by atoms with Gasteiger partial charge >= 0.3 is 0 Å². The highest BCUT2D eigenvalue weighted by Crippen LogP contribution is 2.24. The van der Waals surface area contributed by atoms with Gasteiger partial charge in [-0.2, -0.15) is 0 Å². The molecule has 0 bridgehead atoms. The molecular formula is C17H23NO4S. The number of hydrogen-bond donors (Lipinski definition) is 1. The molecule has 0 aliphatic heterocycles. The number of rotatable bonds is 7. The summed E-state index contributed by atoms with van der Waals surface area (Å²) in [5.74, 6) is 0.449. The molecule has 23 heavy (non-hydrogen) atoms. The van der Waals surface area contributed by atoms with Crippen molar-refractivity contribution in [3.63, 3.8) is 0 Å². The van der Waals surface area contributed by atoms with E-state index in [9.17, 15) is 13.2 Å². The molecule has 2 rings (SSSR count). The number of hydrogen-bond acceptors (Lipinski definition) is 4. The quantitative estimate of drug-likeness (QED) is 0.774. The Hall–Kier alpha value is -1.82. The Morgan fingerprint density at radius 3 is 2.78 bits per heavy atom. The predicted molar refractivity (Wildman–Crippen MR) is 91.1 cm³/mol. The van der Waals surface area contributed by atoms with Gasteiger partial charge in [-0.15, -0.1) is 0 Å². The molecule has 1 aromatic carbocycles. The van der Waals surface area contributed by atoms with Crippen LogP contribution in [0.2, 0.25) is 0 Å². The molecule has 1 aliphatic carbocycles. The maximum Gasteiger partial charge on any atom is 0.244 e. The number of carbonyl (C=O) groups excluding carboxylic acids is 1. The topological polar surface area (TPSA) is 72.5 Å². The van der Waals surface area contributed by atoms with Crippen LogP contribution < -0.4 is 10.1 Å². The third-order valence-electron chi connectivity index (χ3n) is 3.66. The number of amides is 1. The molecule has 1 amide bonds. The molecular weight excluding hydrogens is 314 g/mol. The second-order valence-electron chi connectivity index (χ2n) is 5.85. The van der Waals surface area contributed by atoms with Crippen LogP contribution in [-0.2, 0) is 14.6 Å². The van der Waals surface area contributed by atoms with Gasteiger partial charge in [0.05, 0.1) is 11.9 Å². The Labute approximate surface area is 137 Å². The summed E-state index contributed by atoms with van der Waals surface area (Å²) in [7, 11) is -3.06. The first-order valence-electron chi connectivity index (χ1n) is 7.83. The molecule has 0 unspecified atom stereocenters. The minimum Gasteiger partial charge on any atom is -0.490 e. The third-order valence-corrected chi connectivity index (χ3v) is 4.61. The normalized spacial score (nSPS) is 15.9. The Morgan fingerprint density at radius 2 is 2.09 bits per heavy atom. The molecule has 0 spiro atoms. The first kappa shape index (κ1) is 17.5. The van der Waals surface area contributed by atoms with Gasteiger partial charge in [0.15, 0.2) is 0 Å². The van der Waals surface area contributed by atoms with Crippen molar-refractivity contribution >= 4 is 21.8 Å². The average Bonchev–Trinajstić information content (AvgIpc) is 2.97. The highest BCUT2D eigenvalue weighted by molar-refractivity contribution is 7.90. The summed E-state index contributed by atoms with van der Waals surface area (Å²) >= 11 is 0. The smallest absolute Gasteiger partial charge is 0.244 e. The summed E-state index contributed by atoms with van der Waals surface area (Å²) in [5.41, 5.74) is 0.874. The fourth-order valence-corrected chi connectivity index (χ4v) is 2.95. The van der Waals surface area contributed by atoms with E-state index in [2.05, 4.69) is 5.32 Å². The van der Waals surface area contributed by atoms with Crippen molar-refractivity contribution in [3.8, 4) is 5.75 Å². The second kappa shape index (κ2) is 8.15. The monoisotopic (exact) mass is 337 g/mol. The van der Waals surface area contributed by atoms with Crippen LogP contribution in [0.3, 0.4) is 0 Å². The lowest BCUT2D eigenvalue weighted by Gasteiger charge is -2.13. The molecule has 1 aromatic rings. The molecule has 126 valence electrons. The Balaban J connectivity index is 1.85. The molecule has 1 N–H and O–H groups in total. The van der Waals surface area contributed by atoms with Crippen molar-refractivity contribution in [2.75, 3.05) is 18.6 Å².